The van der Waals surface area contributed by atoms with Crippen LogP contribution in [0.25, 0.3) is 54.8 Å². The molecule has 0 radical (unpaired) electrons. The standard InChI is InChI=1S/C43H32N4S/c1-3-14-29(15-4-1)42(47-43(45-47)30-16-5-2-6-17-30)44-27-46-37-26-23-28-13-7-8-18-31(28)39(37)36-25-24-35-33-20-10-9-19-32(33)34-21-11-12-22-38(34)48-41(35)40(36)46/h1-26,42-45H,27H2. The molecule has 48 heavy (non-hydrogen) atoms. The van der Waals surface area contributed by atoms with Crippen LogP contribution in [-0.4, -0.2) is 9.58 Å². The molecule has 8 aromatic rings. The van der Waals surface area contributed by atoms with Crippen LogP contribution in [0.3, 0.4) is 0 Å². The highest BCUT2D eigenvalue weighted by Crippen LogP contribution is 2.52. The summed E-state index contributed by atoms with van der Waals surface area (Å²) in [7, 11) is 0. The Morgan fingerprint density at radius 3 is 2.12 bits per heavy atom. The molecule has 1 fully saturated rings. The fourth-order valence-corrected chi connectivity index (χ4v) is 8.90. The minimum atomic E-state index is -0.0271. The van der Waals surface area contributed by atoms with Crippen LogP contribution in [0.5, 0.6) is 0 Å². The molecule has 0 spiro atoms. The molecule has 0 bridgehead atoms. The zero-order valence-electron chi connectivity index (χ0n) is 26.2. The Morgan fingerprint density at radius 2 is 1.29 bits per heavy atom. The van der Waals surface area contributed by atoms with Crippen LogP contribution in [0.2, 0.25) is 0 Å². The highest BCUT2D eigenvalue weighted by atomic mass is 32.2. The van der Waals surface area contributed by atoms with Crippen molar-refractivity contribution in [1.82, 2.24) is 20.3 Å². The average Bonchev–Trinajstić information content (AvgIpc) is 3.90. The summed E-state index contributed by atoms with van der Waals surface area (Å²) in [5.74, 6) is 0. The second-order valence-electron chi connectivity index (χ2n) is 12.6. The molecule has 2 aliphatic heterocycles. The molecule has 10 rings (SSSR count). The highest BCUT2D eigenvalue weighted by Gasteiger charge is 2.41. The SMILES string of the molecule is c1ccc(C(NCn2c3ccc4ccccc4c3c3ccc4c(c32)Sc2ccccc2-c2ccccc2-4)N2NC2c2ccccc2)cc1. The van der Waals surface area contributed by atoms with Gasteiger partial charge in [0.2, 0.25) is 0 Å². The van der Waals surface area contributed by atoms with Gasteiger partial charge in [-0.1, -0.05) is 157 Å². The summed E-state index contributed by atoms with van der Waals surface area (Å²) in [5, 5.41) is 11.5. The fraction of sp³-hybridized carbons (Fsp3) is 0.0698. The molecule has 3 unspecified atom stereocenters. The first-order valence-electron chi connectivity index (χ1n) is 16.5. The Labute approximate surface area is 283 Å². The number of nitrogens with zero attached hydrogens (tertiary/aromatic N) is 2. The van der Waals surface area contributed by atoms with Gasteiger partial charge in [0, 0.05) is 20.6 Å². The maximum atomic E-state index is 4.01. The van der Waals surface area contributed by atoms with Gasteiger partial charge in [0.1, 0.15) is 12.3 Å². The van der Waals surface area contributed by atoms with Crippen LogP contribution in [0.1, 0.15) is 23.5 Å². The highest BCUT2D eigenvalue weighted by molar-refractivity contribution is 7.99. The van der Waals surface area contributed by atoms with E-state index in [1.165, 1.54) is 75.7 Å². The van der Waals surface area contributed by atoms with E-state index < -0.39 is 0 Å². The maximum absolute atomic E-state index is 4.01. The molecule has 1 saturated heterocycles. The van der Waals surface area contributed by atoms with Gasteiger partial charge in [-0.3, -0.25) is 5.32 Å². The van der Waals surface area contributed by atoms with Crippen molar-refractivity contribution >= 4 is 44.3 Å². The Kier molecular flexibility index (Phi) is 6.52. The first-order valence-corrected chi connectivity index (χ1v) is 17.4. The zero-order chi connectivity index (χ0) is 31.6. The van der Waals surface area contributed by atoms with E-state index in [2.05, 4.69) is 178 Å². The van der Waals surface area contributed by atoms with E-state index in [-0.39, 0.29) is 12.3 Å². The van der Waals surface area contributed by atoms with E-state index in [0.29, 0.717) is 6.67 Å². The predicted molar refractivity (Wildman–Crippen MR) is 198 cm³/mol. The van der Waals surface area contributed by atoms with Crippen molar-refractivity contribution < 1.29 is 0 Å². The van der Waals surface area contributed by atoms with E-state index in [4.69, 9.17) is 0 Å². The van der Waals surface area contributed by atoms with Gasteiger partial charge in [0.15, 0.2) is 0 Å². The Balaban J connectivity index is 1.18. The number of fused-ring (bicyclic) bond motifs is 11. The van der Waals surface area contributed by atoms with E-state index >= 15 is 0 Å². The Bertz CT molecular complexity index is 2490. The second-order valence-corrected chi connectivity index (χ2v) is 13.7. The fourth-order valence-electron chi connectivity index (χ4n) is 7.64. The monoisotopic (exact) mass is 636 g/mol. The third-order valence-corrected chi connectivity index (χ3v) is 11.1. The van der Waals surface area contributed by atoms with Crippen LogP contribution < -0.4 is 10.7 Å². The van der Waals surface area contributed by atoms with Crippen molar-refractivity contribution in [1.29, 1.82) is 0 Å². The molecular formula is C43H32N4S. The molecule has 2 aliphatic rings. The molecule has 0 aliphatic carbocycles. The van der Waals surface area contributed by atoms with Crippen LogP contribution in [0, 0.1) is 0 Å². The summed E-state index contributed by atoms with van der Waals surface area (Å²) in [5.41, 5.74) is 13.8. The van der Waals surface area contributed by atoms with E-state index in [0.717, 1.165) is 0 Å². The lowest BCUT2D eigenvalue weighted by molar-refractivity contribution is 0.280. The minimum absolute atomic E-state index is 0.0271. The zero-order valence-corrected chi connectivity index (χ0v) is 27.0. The third kappa shape index (κ3) is 4.44. The van der Waals surface area contributed by atoms with Crippen LogP contribution in [0.15, 0.2) is 168 Å². The maximum Gasteiger partial charge on any atom is 0.114 e. The molecule has 5 heteroatoms. The smallest absolute Gasteiger partial charge is 0.114 e. The first-order chi connectivity index (χ1) is 23.8. The molecule has 3 heterocycles. The Hall–Kier alpha value is -5.17. The molecular weight excluding hydrogens is 605 g/mol. The van der Waals surface area contributed by atoms with Gasteiger partial charge in [-0.25, -0.2) is 5.43 Å². The summed E-state index contributed by atoms with van der Waals surface area (Å²) in [4.78, 5) is 2.59. The normalized spacial score (nSPS) is 17.1. The van der Waals surface area contributed by atoms with Crippen LogP contribution >= 0.6 is 11.8 Å². The molecule has 4 nitrogen and oxygen atoms in total. The molecule has 3 atom stereocenters. The Morgan fingerprint density at radius 1 is 0.604 bits per heavy atom. The van der Waals surface area contributed by atoms with Crippen molar-refractivity contribution in [3.8, 4) is 22.3 Å². The van der Waals surface area contributed by atoms with Crippen LogP contribution in [-0.2, 0) is 6.67 Å². The first kappa shape index (κ1) is 27.9. The van der Waals surface area contributed by atoms with Gasteiger partial charge < -0.3 is 4.57 Å². The summed E-state index contributed by atoms with van der Waals surface area (Å²) in [6, 6.07) is 57.3. The lowest BCUT2D eigenvalue weighted by Gasteiger charge is -2.22. The number of aromatic nitrogens is 1. The van der Waals surface area contributed by atoms with Crippen molar-refractivity contribution in [2.24, 2.45) is 0 Å². The molecule has 7 aromatic carbocycles. The topological polar surface area (TPSA) is 41.9 Å². The third-order valence-electron chi connectivity index (χ3n) is 9.91. The number of hydrazine groups is 1. The van der Waals surface area contributed by atoms with E-state index in [9.17, 15) is 0 Å². The molecule has 1 aromatic heterocycles. The molecule has 2 N–H and O–H groups in total. The minimum Gasteiger partial charge on any atom is -0.326 e. The van der Waals surface area contributed by atoms with Crippen LogP contribution in [0.4, 0.5) is 0 Å². The summed E-state index contributed by atoms with van der Waals surface area (Å²) < 4.78 is 2.52. The average molecular weight is 637 g/mol. The largest absolute Gasteiger partial charge is 0.326 e. The van der Waals surface area contributed by atoms with Gasteiger partial charge in [-0.2, -0.15) is 5.01 Å². The van der Waals surface area contributed by atoms with Gasteiger partial charge in [-0.15, -0.1) is 0 Å². The van der Waals surface area contributed by atoms with E-state index in [1.54, 1.807) is 0 Å². The van der Waals surface area contributed by atoms with Gasteiger partial charge >= 0.3 is 0 Å². The number of rotatable bonds is 6. The number of hydrogen-bond acceptors (Lipinski definition) is 4. The quantitative estimate of drug-likeness (QED) is 0.178. The van der Waals surface area contributed by atoms with Crippen molar-refractivity contribution in [2.75, 3.05) is 0 Å². The number of benzene rings is 7. The lowest BCUT2D eigenvalue weighted by Crippen LogP contribution is -2.31. The molecule has 0 amide bonds. The molecule has 0 saturated carbocycles. The van der Waals surface area contributed by atoms with Crippen molar-refractivity contribution in [3.63, 3.8) is 0 Å². The summed E-state index contributed by atoms with van der Waals surface area (Å²) in [6.07, 6.45) is 0.131. The lowest BCUT2D eigenvalue weighted by atomic mass is 9.94. The van der Waals surface area contributed by atoms with E-state index in [1.807, 2.05) is 11.8 Å². The second kappa shape index (κ2) is 11.2. The predicted octanol–water partition coefficient (Wildman–Crippen LogP) is 10.5. The van der Waals surface area contributed by atoms with Gasteiger partial charge in [0.05, 0.1) is 17.7 Å². The van der Waals surface area contributed by atoms with Gasteiger partial charge in [-0.05, 0) is 56.3 Å². The molecule has 230 valence electrons. The van der Waals surface area contributed by atoms with Gasteiger partial charge in [0.25, 0.3) is 0 Å². The number of nitrogens with one attached hydrogen (secondary N) is 2. The number of hydrogen-bond donors (Lipinski definition) is 2. The van der Waals surface area contributed by atoms with Crippen molar-refractivity contribution in [2.45, 2.75) is 28.8 Å². The van der Waals surface area contributed by atoms with Crippen molar-refractivity contribution in [3.05, 3.63) is 169 Å². The summed E-state index contributed by atoms with van der Waals surface area (Å²) in [6.45, 7) is 0.637. The summed E-state index contributed by atoms with van der Waals surface area (Å²) >= 11 is 1.90.